The molecule has 3 fully saturated rings. The highest BCUT2D eigenvalue weighted by Crippen LogP contribution is 2.71. The molecular weight excluding hydrogens is 474 g/mol. The summed E-state index contributed by atoms with van der Waals surface area (Å²) in [6.07, 6.45) is 7.81. The van der Waals surface area contributed by atoms with Crippen LogP contribution in [0.3, 0.4) is 0 Å². The van der Waals surface area contributed by atoms with Gasteiger partial charge in [0, 0.05) is 17.3 Å². The second-order valence-electron chi connectivity index (χ2n) is 12.5. The molecule has 0 radical (unpaired) electrons. The van der Waals surface area contributed by atoms with E-state index in [1.165, 1.54) is 16.5 Å². The number of hydrogen-bond acceptors (Lipinski definition) is 5. The number of aromatic amines is 1. The number of hydrogen-bond donors (Lipinski definition) is 3. The predicted octanol–water partition coefficient (Wildman–Crippen LogP) is 4.34. The van der Waals surface area contributed by atoms with E-state index in [-0.39, 0.29) is 17.4 Å². The second kappa shape index (κ2) is 7.23. The van der Waals surface area contributed by atoms with Crippen LogP contribution in [0.15, 0.2) is 35.9 Å². The van der Waals surface area contributed by atoms with Crippen molar-refractivity contribution >= 4 is 28.1 Å². The molecule has 1 aromatic carbocycles. The third kappa shape index (κ3) is 2.70. The summed E-state index contributed by atoms with van der Waals surface area (Å²) >= 11 is 7.55. The van der Waals surface area contributed by atoms with Crippen molar-refractivity contribution in [3.8, 4) is 0 Å². The second-order valence-corrected chi connectivity index (χ2v) is 13.2. The fraction of sp³-hybridized carbons (Fsp3) is 0.621. The van der Waals surface area contributed by atoms with Gasteiger partial charge in [-0.15, -0.1) is 11.6 Å². The van der Waals surface area contributed by atoms with Crippen LogP contribution in [0.2, 0.25) is 0 Å². The van der Waals surface area contributed by atoms with Crippen molar-refractivity contribution in [2.24, 2.45) is 11.3 Å². The van der Waals surface area contributed by atoms with Crippen LogP contribution in [0.4, 0.5) is 0 Å². The normalized spacial score (nSPS) is 45.3. The molecule has 2 bridgehead atoms. The fourth-order valence-corrected chi connectivity index (χ4v) is 9.23. The lowest BCUT2D eigenvalue weighted by molar-refractivity contribution is -0.199. The minimum atomic E-state index is -0.951. The number of alkyl halides is 1. The SMILES string of the molecule is Cc1n[nH]c2cc(C3=CCC4[C@@]56CC[C@]7(C[C@H](N(C)C)[C@@H](O)[C@H](O)C7=CC5(Cl)CC[C@]34C)O6)ccc12. The van der Waals surface area contributed by atoms with E-state index in [2.05, 4.69) is 47.5 Å². The number of rotatable bonds is 2. The molecule has 7 heteroatoms. The molecule has 2 spiro atoms. The molecule has 0 amide bonds. The molecule has 2 aliphatic heterocycles. The average Bonchev–Trinajstić information content (AvgIpc) is 3.50. The number of ether oxygens (including phenoxy) is 1. The zero-order valence-electron chi connectivity index (χ0n) is 21.5. The molecule has 2 aromatic rings. The molecule has 2 saturated carbocycles. The Hall–Kier alpha value is -1.70. The lowest BCUT2D eigenvalue weighted by Crippen LogP contribution is -2.68. The smallest absolute Gasteiger partial charge is 0.105 e. The van der Waals surface area contributed by atoms with Crippen LogP contribution in [0.5, 0.6) is 0 Å². The highest BCUT2D eigenvalue weighted by molar-refractivity contribution is 6.26. The number of aliphatic hydroxyl groups excluding tert-OH is 2. The third-order valence-electron chi connectivity index (χ3n) is 10.7. The van der Waals surface area contributed by atoms with Crippen molar-refractivity contribution in [2.45, 2.75) is 86.7 Å². The Kier molecular flexibility index (Phi) is 4.71. The largest absolute Gasteiger partial charge is 0.388 e. The van der Waals surface area contributed by atoms with Crippen LogP contribution >= 0.6 is 11.6 Å². The third-order valence-corrected chi connectivity index (χ3v) is 11.3. The van der Waals surface area contributed by atoms with E-state index in [0.717, 1.165) is 48.9 Å². The van der Waals surface area contributed by atoms with E-state index in [4.69, 9.17) is 16.3 Å². The molecule has 6 nitrogen and oxygen atoms in total. The molecule has 1 aromatic heterocycles. The number of likely N-dealkylation sites (N-methyl/N-ethyl adjacent to an activating group) is 1. The number of fused-ring (bicyclic) bond motifs is 2. The van der Waals surface area contributed by atoms with E-state index < -0.39 is 28.3 Å². The zero-order chi connectivity index (χ0) is 25.3. The van der Waals surface area contributed by atoms with Crippen molar-refractivity contribution in [2.75, 3.05) is 14.1 Å². The number of H-pyrrole nitrogens is 1. The monoisotopic (exact) mass is 509 g/mol. The number of halogens is 1. The molecule has 192 valence electrons. The van der Waals surface area contributed by atoms with Gasteiger partial charge in [0.05, 0.1) is 33.4 Å². The van der Waals surface area contributed by atoms with E-state index in [0.29, 0.717) is 6.42 Å². The van der Waals surface area contributed by atoms with Crippen molar-refractivity contribution in [1.82, 2.24) is 15.1 Å². The quantitative estimate of drug-likeness (QED) is 0.414. The van der Waals surface area contributed by atoms with Crippen LogP contribution in [-0.2, 0) is 4.74 Å². The zero-order valence-corrected chi connectivity index (χ0v) is 22.3. The number of allylic oxidation sites excluding steroid dienone is 2. The van der Waals surface area contributed by atoms with Crippen molar-refractivity contribution < 1.29 is 14.9 Å². The number of aliphatic hydroxyl groups is 2. The molecule has 2 unspecified atom stereocenters. The Morgan fingerprint density at radius 2 is 1.97 bits per heavy atom. The van der Waals surface area contributed by atoms with Crippen molar-refractivity contribution in [3.63, 3.8) is 0 Å². The predicted molar refractivity (Wildman–Crippen MR) is 141 cm³/mol. The Labute approximate surface area is 217 Å². The first-order chi connectivity index (χ1) is 17.0. The van der Waals surface area contributed by atoms with Gasteiger partial charge in [0.15, 0.2) is 0 Å². The molecule has 8 atom stereocenters. The maximum Gasteiger partial charge on any atom is 0.105 e. The summed E-state index contributed by atoms with van der Waals surface area (Å²) in [7, 11) is 3.93. The van der Waals surface area contributed by atoms with E-state index >= 15 is 0 Å². The number of benzene rings is 1. The molecular formula is C29H36ClN3O3. The standard InChI is InChI=1S/C29H36ClN3O3/c1-16-18-6-5-17(13-21(18)32-31-16)19-7-8-23-26(19,2)9-11-28(30)14-20-24(34)25(35)22(33(3)4)15-27(20)10-12-29(23,28)36-27/h5-7,13-14,22-25,34-35H,8-12,15H2,1-4H3,(H,31,32)/t22-,23?,24+,25+,26+,27+,28?,29-/m0/s1. The molecule has 7 rings (SSSR count). The summed E-state index contributed by atoms with van der Waals surface area (Å²) in [5, 5.41) is 30.9. The minimum Gasteiger partial charge on any atom is -0.388 e. The van der Waals surface area contributed by atoms with Gasteiger partial charge in [-0.25, -0.2) is 0 Å². The van der Waals surface area contributed by atoms with Gasteiger partial charge in [0.2, 0.25) is 0 Å². The molecule has 3 N–H and O–H groups in total. The van der Waals surface area contributed by atoms with E-state index in [1.807, 2.05) is 25.9 Å². The van der Waals surface area contributed by atoms with Crippen molar-refractivity contribution in [1.29, 1.82) is 0 Å². The number of aryl methyl sites for hydroxylation is 1. The first kappa shape index (κ1) is 23.4. The van der Waals surface area contributed by atoms with Crippen LogP contribution in [0, 0.1) is 18.3 Å². The van der Waals surface area contributed by atoms with Crippen LogP contribution in [0.25, 0.3) is 16.5 Å². The highest BCUT2D eigenvalue weighted by Gasteiger charge is 2.73. The lowest BCUT2D eigenvalue weighted by atomic mass is 9.54. The van der Waals surface area contributed by atoms with Crippen LogP contribution in [-0.4, -0.2) is 73.7 Å². The van der Waals surface area contributed by atoms with Gasteiger partial charge in [-0.05, 0) is 87.7 Å². The summed E-state index contributed by atoms with van der Waals surface area (Å²) in [6, 6.07) is 6.50. The summed E-state index contributed by atoms with van der Waals surface area (Å²) in [5.41, 5.74) is 4.45. The summed E-state index contributed by atoms with van der Waals surface area (Å²) in [6.45, 7) is 4.44. The molecule has 5 aliphatic rings. The molecule has 1 saturated heterocycles. The van der Waals surface area contributed by atoms with E-state index in [1.54, 1.807) is 0 Å². The van der Waals surface area contributed by atoms with Crippen LogP contribution in [0.1, 0.15) is 56.7 Å². The maximum atomic E-state index is 11.2. The number of aromatic nitrogens is 2. The number of nitrogens with zero attached hydrogens (tertiary/aromatic N) is 2. The van der Waals surface area contributed by atoms with Gasteiger partial charge < -0.3 is 19.8 Å². The maximum absolute atomic E-state index is 11.2. The number of nitrogens with one attached hydrogen (secondary N) is 1. The Bertz CT molecular complexity index is 1330. The average molecular weight is 510 g/mol. The first-order valence-corrected chi connectivity index (χ1v) is 13.7. The van der Waals surface area contributed by atoms with Crippen molar-refractivity contribution in [3.05, 3.63) is 47.2 Å². The Morgan fingerprint density at radius 1 is 1.17 bits per heavy atom. The van der Waals surface area contributed by atoms with Gasteiger partial charge >= 0.3 is 0 Å². The Morgan fingerprint density at radius 3 is 2.75 bits per heavy atom. The fourth-order valence-electron chi connectivity index (χ4n) is 8.75. The van der Waals surface area contributed by atoms with Gasteiger partial charge in [0.1, 0.15) is 6.10 Å². The lowest BCUT2D eigenvalue weighted by Gasteiger charge is -2.61. The van der Waals surface area contributed by atoms with Gasteiger partial charge in [-0.2, -0.15) is 5.10 Å². The minimum absolute atomic E-state index is 0.0498. The molecule has 3 heterocycles. The molecule has 3 aliphatic carbocycles. The van der Waals surface area contributed by atoms with Crippen LogP contribution < -0.4 is 0 Å². The summed E-state index contributed by atoms with van der Waals surface area (Å²) in [4.78, 5) is 1.34. The first-order valence-electron chi connectivity index (χ1n) is 13.3. The van der Waals surface area contributed by atoms with Gasteiger partial charge in [-0.1, -0.05) is 31.2 Å². The topological polar surface area (TPSA) is 81.6 Å². The van der Waals surface area contributed by atoms with E-state index in [9.17, 15) is 10.2 Å². The Balaban J connectivity index is 1.30. The summed E-state index contributed by atoms with van der Waals surface area (Å²) in [5.74, 6) is 0.254. The van der Waals surface area contributed by atoms with Gasteiger partial charge in [-0.3, -0.25) is 5.10 Å². The highest BCUT2D eigenvalue weighted by atomic mass is 35.5. The van der Waals surface area contributed by atoms with Gasteiger partial charge in [0.25, 0.3) is 0 Å². The molecule has 36 heavy (non-hydrogen) atoms. The summed E-state index contributed by atoms with van der Waals surface area (Å²) < 4.78 is 7.27.